The maximum atomic E-state index is 9.94. The number of nitrogens with zero attached hydrogens (tertiary/aromatic N) is 1. The lowest BCUT2D eigenvalue weighted by atomic mass is 9.81. The summed E-state index contributed by atoms with van der Waals surface area (Å²) < 4.78 is 5.69. The van der Waals surface area contributed by atoms with Gasteiger partial charge in [0.15, 0.2) is 0 Å². The van der Waals surface area contributed by atoms with E-state index in [1.54, 1.807) is 24.3 Å². The van der Waals surface area contributed by atoms with Crippen LogP contribution >= 0.6 is 11.6 Å². The minimum Gasteiger partial charge on any atom is -0.508 e. The Hall–Kier alpha value is -3.16. The fraction of sp³-hybridized carbons (Fsp3) is 0.0500. The lowest BCUT2D eigenvalue weighted by Crippen LogP contribution is -2.21. The van der Waals surface area contributed by atoms with E-state index in [0.29, 0.717) is 16.3 Å². The van der Waals surface area contributed by atoms with E-state index in [0.717, 1.165) is 21.9 Å². The highest BCUT2D eigenvalue weighted by Crippen LogP contribution is 2.46. The normalized spacial score (nSPS) is 16.2. The molecule has 3 aromatic carbocycles. The number of nitriles is 1. The van der Waals surface area contributed by atoms with E-state index in [4.69, 9.17) is 22.1 Å². The Balaban J connectivity index is 2.06. The summed E-state index contributed by atoms with van der Waals surface area (Å²) in [5.74, 6) is 0.428. The van der Waals surface area contributed by atoms with Gasteiger partial charge in [-0.3, -0.25) is 0 Å². The van der Waals surface area contributed by atoms with Gasteiger partial charge in [0.2, 0.25) is 5.88 Å². The number of aromatic hydroxyl groups is 1. The van der Waals surface area contributed by atoms with Gasteiger partial charge in [0.05, 0.1) is 5.92 Å². The van der Waals surface area contributed by atoms with E-state index < -0.39 is 5.92 Å². The number of ether oxygens (including phenoxy) is 1. The third-order valence-electron chi connectivity index (χ3n) is 4.39. The summed E-state index contributed by atoms with van der Waals surface area (Å²) in [7, 11) is 0. The Bertz CT molecular complexity index is 1070. The minimum atomic E-state index is -0.392. The summed E-state index contributed by atoms with van der Waals surface area (Å²) >= 11 is 6.01. The quantitative estimate of drug-likeness (QED) is 0.682. The van der Waals surface area contributed by atoms with Crippen LogP contribution in [-0.4, -0.2) is 5.11 Å². The summed E-state index contributed by atoms with van der Waals surface area (Å²) in [5, 5.41) is 22.0. The smallest absolute Gasteiger partial charge is 0.205 e. The average molecular weight is 349 g/mol. The first-order valence-electron chi connectivity index (χ1n) is 7.67. The molecule has 25 heavy (non-hydrogen) atoms. The highest BCUT2D eigenvalue weighted by atomic mass is 35.5. The Kier molecular flexibility index (Phi) is 3.52. The number of allylic oxidation sites excluding steroid dienone is 1. The molecule has 1 aliphatic heterocycles. The van der Waals surface area contributed by atoms with Gasteiger partial charge in [0, 0.05) is 10.6 Å². The van der Waals surface area contributed by atoms with E-state index in [1.165, 1.54) is 0 Å². The first-order valence-corrected chi connectivity index (χ1v) is 8.05. The molecule has 0 saturated heterocycles. The van der Waals surface area contributed by atoms with Crippen LogP contribution in [0.4, 0.5) is 0 Å². The Morgan fingerprint density at radius 2 is 1.80 bits per heavy atom. The molecular formula is C20H13ClN2O2. The van der Waals surface area contributed by atoms with Gasteiger partial charge in [-0.15, -0.1) is 0 Å². The standard InChI is InChI=1S/C20H13ClN2O2/c21-13-5-1-12(2-6-13)18-16(10-22)20(23)25-17-8-4-11-3-7-14(24)9-15(11)19(17)18/h1-9,18,24H,23H2/t18-/m1/s1. The number of rotatable bonds is 1. The molecule has 4 rings (SSSR count). The van der Waals surface area contributed by atoms with Gasteiger partial charge in [-0.25, -0.2) is 0 Å². The van der Waals surface area contributed by atoms with Crippen LogP contribution in [0.15, 0.2) is 66.1 Å². The van der Waals surface area contributed by atoms with Crippen LogP contribution in [0.1, 0.15) is 17.0 Å². The van der Waals surface area contributed by atoms with Crippen molar-refractivity contribution in [3.8, 4) is 17.6 Å². The van der Waals surface area contributed by atoms with Crippen LogP contribution in [0, 0.1) is 11.3 Å². The number of hydrogen-bond donors (Lipinski definition) is 2. The van der Waals surface area contributed by atoms with E-state index in [9.17, 15) is 10.4 Å². The maximum absolute atomic E-state index is 9.94. The van der Waals surface area contributed by atoms with Crippen molar-refractivity contribution in [1.29, 1.82) is 5.26 Å². The lowest BCUT2D eigenvalue weighted by Gasteiger charge is -2.28. The zero-order valence-electron chi connectivity index (χ0n) is 13.0. The van der Waals surface area contributed by atoms with Gasteiger partial charge in [-0.1, -0.05) is 35.9 Å². The third kappa shape index (κ3) is 2.46. The van der Waals surface area contributed by atoms with E-state index in [-0.39, 0.29) is 11.6 Å². The first kappa shape index (κ1) is 15.4. The molecule has 0 bridgehead atoms. The second-order valence-electron chi connectivity index (χ2n) is 5.86. The molecule has 0 fully saturated rings. The third-order valence-corrected chi connectivity index (χ3v) is 4.65. The van der Waals surface area contributed by atoms with Crippen LogP contribution in [0.5, 0.6) is 11.5 Å². The summed E-state index contributed by atoms with van der Waals surface area (Å²) in [6.07, 6.45) is 0. The molecule has 122 valence electrons. The molecular weight excluding hydrogens is 336 g/mol. The molecule has 0 unspecified atom stereocenters. The monoisotopic (exact) mass is 348 g/mol. The van der Waals surface area contributed by atoms with E-state index >= 15 is 0 Å². The van der Waals surface area contributed by atoms with Crippen molar-refractivity contribution in [3.05, 3.63) is 82.2 Å². The van der Waals surface area contributed by atoms with E-state index in [2.05, 4.69) is 6.07 Å². The highest BCUT2D eigenvalue weighted by molar-refractivity contribution is 6.30. The molecule has 0 saturated carbocycles. The van der Waals surface area contributed by atoms with Gasteiger partial charge >= 0.3 is 0 Å². The van der Waals surface area contributed by atoms with Crippen LogP contribution in [0.25, 0.3) is 10.8 Å². The summed E-state index contributed by atoms with van der Waals surface area (Å²) in [5.41, 5.74) is 8.02. The number of fused-ring (bicyclic) bond motifs is 3. The van der Waals surface area contributed by atoms with Crippen LogP contribution in [0.2, 0.25) is 5.02 Å². The van der Waals surface area contributed by atoms with Crippen molar-refractivity contribution in [1.82, 2.24) is 0 Å². The van der Waals surface area contributed by atoms with Crippen molar-refractivity contribution in [2.45, 2.75) is 5.92 Å². The Morgan fingerprint density at radius 1 is 1.08 bits per heavy atom. The highest BCUT2D eigenvalue weighted by Gasteiger charge is 2.32. The summed E-state index contributed by atoms with van der Waals surface area (Å²) in [4.78, 5) is 0. The number of hydrogen-bond acceptors (Lipinski definition) is 4. The minimum absolute atomic E-state index is 0.0921. The summed E-state index contributed by atoms with van der Waals surface area (Å²) in [6, 6.07) is 18.3. The average Bonchev–Trinajstić information content (AvgIpc) is 2.61. The molecule has 3 N–H and O–H groups in total. The van der Waals surface area contributed by atoms with Gasteiger partial charge in [0.25, 0.3) is 0 Å². The molecule has 1 aliphatic rings. The van der Waals surface area contributed by atoms with Crippen molar-refractivity contribution >= 4 is 22.4 Å². The Labute approximate surface area is 149 Å². The van der Waals surface area contributed by atoms with Crippen molar-refractivity contribution in [3.63, 3.8) is 0 Å². The molecule has 0 amide bonds. The number of phenolic OH excluding ortho intramolecular Hbond substituents is 1. The molecule has 0 aromatic heterocycles. The van der Waals surface area contributed by atoms with E-state index in [1.807, 2.05) is 30.3 Å². The van der Waals surface area contributed by atoms with Crippen LogP contribution < -0.4 is 10.5 Å². The fourth-order valence-corrected chi connectivity index (χ4v) is 3.39. The Morgan fingerprint density at radius 3 is 2.52 bits per heavy atom. The second kappa shape index (κ2) is 5.73. The second-order valence-corrected chi connectivity index (χ2v) is 6.30. The van der Waals surface area contributed by atoms with Gasteiger partial charge < -0.3 is 15.6 Å². The largest absolute Gasteiger partial charge is 0.508 e. The SMILES string of the molecule is N#CC1=C(N)Oc2ccc3ccc(O)cc3c2[C@@H]1c1ccc(Cl)cc1. The molecule has 5 heteroatoms. The molecule has 3 aromatic rings. The van der Waals surface area contributed by atoms with Crippen molar-refractivity contribution in [2.24, 2.45) is 5.73 Å². The van der Waals surface area contributed by atoms with Crippen molar-refractivity contribution in [2.75, 3.05) is 0 Å². The zero-order chi connectivity index (χ0) is 17.6. The first-order chi connectivity index (χ1) is 12.1. The fourth-order valence-electron chi connectivity index (χ4n) is 3.27. The number of halogens is 1. The number of phenols is 1. The number of nitrogens with two attached hydrogens (primary N) is 1. The molecule has 0 radical (unpaired) electrons. The van der Waals surface area contributed by atoms with Gasteiger partial charge in [-0.05, 0) is 46.7 Å². The molecule has 4 nitrogen and oxygen atoms in total. The van der Waals surface area contributed by atoms with Gasteiger partial charge in [-0.2, -0.15) is 5.26 Å². The predicted molar refractivity (Wildman–Crippen MR) is 96.4 cm³/mol. The molecule has 1 atom stereocenters. The van der Waals surface area contributed by atoms with Crippen LogP contribution in [0.3, 0.4) is 0 Å². The van der Waals surface area contributed by atoms with Gasteiger partial charge in [0.1, 0.15) is 23.1 Å². The topological polar surface area (TPSA) is 79.3 Å². The maximum Gasteiger partial charge on any atom is 0.205 e. The molecule has 0 aliphatic carbocycles. The lowest BCUT2D eigenvalue weighted by molar-refractivity contribution is 0.395. The number of benzene rings is 3. The molecule has 0 spiro atoms. The van der Waals surface area contributed by atoms with Crippen LogP contribution in [-0.2, 0) is 0 Å². The zero-order valence-corrected chi connectivity index (χ0v) is 13.8. The molecule has 1 heterocycles. The summed E-state index contributed by atoms with van der Waals surface area (Å²) in [6.45, 7) is 0. The van der Waals surface area contributed by atoms with Crippen molar-refractivity contribution < 1.29 is 9.84 Å². The predicted octanol–water partition coefficient (Wildman–Crippen LogP) is 4.42.